The Morgan fingerprint density at radius 2 is 1.78 bits per heavy atom. The molecule has 0 spiro atoms. The van der Waals surface area contributed by atoms with Crippen LogP contribution in [-0.4, -0.2) is 11.8 Å². The number of anilines is 1. The summed E-state index contributed by atoms with van der Waals surface area (Å²) in [7, 11) is 0. The van der Waals surface area contributed by atoms with Gasteiger partial charge in [0, 0.05) is 0 Å². The van der Waals surface area contributed by atoms with Gasteiger partial charge < -0.3 is 15.1 Å². The van der Waals surface area contributed by atoms with Gasteiger partial charge in [-0.25, -0.2) is 8.78 Å². The SMILES string of the molecule is O=C(NCc1ccco1)C1(C(=O)Nc2c(F)cccc2F)CC1. The van der Waals surface area contributed by atoms with Crippen molar-refractivity contribution in [1.82, 2.24) is 5.32 Å². The first kappa shape index (κ1) is 15.2. The van der Waals surface area contributed by atoms with E-state index in [0.29, 0.717) is 18.6 Å². The molecule has 1 fully saturated rings. The zero-order valence-electron chi connectivity index (χ0n) is 12.1. The molecule has 0 unspecified atom stereocenters. The van der Waals surface area contributed by atoms with Gasteiger partial charge in [0.05, 0.1) is 12.8 Å². The van der Waals surface area contributed by atoms with Crippen LogP contribution in [0.15, 0.2) is 41.0 Å². The van der Waals surface area contributed by atoms with Crippen LogP contribution in [0, 0.1) is 17.0 Å². The molecule has 1 aromatic carbocycles. The Kier molecular flexibility index (Phi) is 3.85. The summed E-state index contributed by atoms with van der Waals surface area (Å²) in [6.45, 7) is 0.148. The van der Waals surface area contributed by atoms with Crippen molar-refractivity contribution in [2.24, 2.45) is 5.41 Å². The molecule has 2 amide bonds. The number of halogens is 2. The molecule has 5 nitrogen and oxygen atoms in total. The number of nitrogens with one attached hydrogen (secondary N) is 2. The smallest absolute Gasteiger partial charge is 0.240 e. The fraction of sp³-hybridized carbons (Fsp3) is 0.250. The van der Waals surface area contributed by atoms with Gasteiger partial charge in [0.15, 0.2) is 0 Å². The average Bonchev–Trinajstić information content (AvgIpc) is 3.18. The predicted molar refractivity (Wildman–Crippen MR) is 77.2 cm³/mol. The number of rotatable bonds is 5. The van der Waals surface area contributed by atoms with Gasteiger partial charge in [0.1, 0.15) is 28.5 Å². The largest absolute Gasteiger partial charge is 0.467 e. The van der Waals surface area contributed by atoms with Crippen molar-refractivity contribution in [1.29, 1.82) is 0 Å². The van der Waals surface area contributed by atoms with Crippen molar-refractivity contribution >= 4 is 17.5 Å². The summed E-state index contributed by atoms with van der Waals surface area (Å²) < 4.78 is 32.3. The van der Waals surface area contributed by atoms with E-state index in [0.717, 1.165) is 12.1 Å². The first-order valence-electron chi connectivity index (χ1n) is 7.09. The van der Waals surface area contributed by atoms with E-state index in [1.54, 1.807) is 12.1 Å². The molecular weight excluding hydrogens is 306 g/mol. The number of carbonyl (C=O) groups excluding carboxylic acids is 2. The molecule has 3 rings (SSSR count). The summed E-state index contributed by atoms with van der Waals surface area (Å²) in [6.07, 6.45) is 2.14. The fourth-order valence-corrected chi connectivity index (χ4v) is 2.28. The van der Waals surface area contributed by atoms with Gasteiger partial charge in [-0.15, -0.1) is 0 Å². The molecule has 1 aliphatic carbocycles. The summed E-state index contributed by atoms with van der Waals surface area (Å²) in [5.41, 5.74) is -1.82. The lowest BCUT2D eigenvalue weighted by atomic mass is 10.0. The second-order valence-corrected chi connectivity index (χ2v) is 5.39. The van der Waals surface area contributed by atoms with Gasteiger partial charge in [-0.1, -0.05) is 6.07 Å². The minimum absolute atomic E-state index is 0.148. The van der Waals surface area contributed by atoms with Crippen molar-refractivity contribution in [3.8, 4) is 0 Å². The maximum atomic E-state index is 13.6. The molecule has 7 heteroatoms. The molecule has 120 valence electrons. The molecule has 0 aliphatic heterocycles. The van der Waals surface area contributed by atoms with Crippen LogP contribution < -0.4 is 10.6 Å². The Hall–Kier alpha value is -2.70. The van der Waals surface area contributed by atoms with E-state index in [-0.39, 0.29) is 6.54 Å². The molecule has 1 heterocycles. The number of para-hydroxylation sites is 1. The maximum Gasteiger partial charge on any atom is 0.240 e. The quantitative estimate of drug-likeness (QED) is 0.832. The van der Waals surface area contributed by atoms with Crippen LogP contribution in [0.3, 0.4) is 0 Å². The van der Waals surface area contributed by atoms with E-state index in [1.165, 1.54) is 12.3 Å². The Bertz CT molecular complexity index is 720. The van der Waals surface area contributed by atoms with Crippen molar-refractivity contribution in [2.45, 2.75) is 19.4 Å². The molecule has 0 bridgehead atoms. The van der Waals surface area contributed by atoms with E-state index in [1.807, 2.05) is 0 Å². The molecule has 1 aromatic heterocycles. The molecule has 0 radical (unpaired) electrons. The van der Waals surface area contributed by atoms with Crippen molar-refractivity contribution in [3.05, 3.63) is 54.0 Å². The van der Waals surface area contributed by atoms with E-state index >= 15 is 0 Å². The second-order valence-electron chi connectivity index (χ2n) is 5.39. The van der Waals surface area contributed by atoms with Crippen LogP contribution in [0.4, 0.5) is 14.5 Å². The molecule has 0 atom stereocenters. The third-order valence-electron chi connectivity index (χ3n) is 3.82. The van der Waals surface area contributed by atoms with Gasteiger partial charge in [-0.2, -0.15) is 0 Å². The first-order valence-corrected chi connectivity index (χ1v) is 7.09. The summed E-state index contributed by atoms with van der Waals surface area (Å²) in [4.78, 5) is 24.5. The first-order chi connectivity index (χ1) is 11.0. The van der Waals surface area contributed by atoms with Crippen LogP contribution in [0.5, 0.6) is 0 Å². The van der Waals surface area contributed by atoms with Crippen LogP contribution >= 0.6 is 0 Å². The lowest BCUT2D eigenvalue weighted by Crippen LogP contribution is -2.39. The van der Waals surface area contributed by atoms with Crippen molar-refractivity contribution < 1.29 is 22.8 Å². The summed E-state index contributed by atoms with van der Waals surface area (Å²) in [5.74, 6) is -2.41. The van der Waals surface area contributed by atoms with Crippen LogP contribution in [0.1, 0.15) is 18.6 Å². The number of furan rings is 1. The lowest BCUT2D eigenvalue weighted by molar-refractivity contribution is -0.134. The number of hydrogen-bond donors (Lipinski definition) is 2. The minimum Gasteiger partial charge on any atom is -0.467 e. The van der Waals surface area contributed by atoms with Crippen molar-refractivity contribution in [2.75, 3.05) is 5.32 Å². The van der Waals surface area contributed by atoms with E-state index in [4.69, 9.17) is 4.42 Å². The molecular formula is C16H14F2N2O3. The molecule has 0 saturated heterocycles. The lowest BCUT2D eigenvalue weighted by Gasteiger charge is -2.15. The highest BCUT2D eigenvalue weighted by atomic mass is 19.1. The topological polar surface area (TPSA) is 71.3 Å². The standard InChI is InChI=1S/C16H14F2N2O3/c17-11-4-1-5-12(18)13(11)20-15(22)16(6-7-16)14(21)19-9-10-3-2-8-23-10/h1-5,8H,6-7,9H2,(H,19,21)(H,20,22). The molecule has 1 aliphatic rings. The van der Waals surface area contributed by atoms with Crippen LogP contribution in [0.25, 0.3) is 0 Å². The average molecular weight is 320 g/mol. The fourth-order valence-electron chi connectivity index (χ4n) is 2.28. The number of benzene rings is 1. The Morgan fingerprint density at radius 3 is 2.35 bits per heavy atom. The van der Waals surface area contributed by atoms with E-state index in [2.05, 4.69) is 10.6 Å². The monoisotopic (exact) mass is 320 g/mol. The molecule has 2 N–H and O–H groups in total. The Morgan fingerprint density at radius 1 is 1.09 bits per heavy atom. The third-order valence-corrected chi connectivity index (χ3v) is 3.82. The van der Waals surface area contributed by atoms with Crippen LogP contribution in [-0.2, 0) is 16.1 Å². The number of carbonyl (C=O) groups is 2. The molecule has 23 heavy (non-hydrogen) atoms. The highest BCUT2D eigenvalue weighted by molar-refractivity contribution is 6.13. The molecule has 2 aromatic rings. The summed E-state index contributed by atoms with van der Waals surface area (Å²) >= 11 is 0. The third kappa shape index (κ3) is 2.94. The number of hydrogen-bond acceptors (Lipinski definition) is 3. The maximum absolute atomic E-state index is 13.6. The summed E-state index contributed by atoms with van der Waals surface area (Å²) in [5, 5.41) is 4.78. The zero-order valence-corrected chi connectivity index (χ0v) is 12.1. The van der Waals surface area contributed by atoms with E-state index < -0.39 is 34.6 Å². The Balaban J connectivity index is 1.67. The summed E-state index contributed by atoms with van der Waals surface area (Å²) in [6, 6.07) is 6.64. The van der Waals surface area contributed by atoms with Crippen molar-refractivity contribution in [3.63, 3.8) is 0 Å². The second kappa shape index (κ2) is 5.83. The normalized spacial score (nSPS) is 15.0. The van der Waals surface area contributed by atoms with Crippen LogP contribution in [0.2, 0.25) is 0 Å². The zero-order chi connectivity index (χ0) is 16.4. The number of amides is 2. The van der Waals surface area contributed by atoms with Gasteiger partial charge in [-0.3, -0.25) is 9.59 Å². The molecule has 1 saturated carbocycles. The van der Waals surface area contributed by atoms with Gasteiger partial charge >= 0.3 is 0 Å². The minimum atomic E-state index is -1.28. The highest BCUT2D eigenvalue weighted by Crippen LogP contribution is 2.47. The predicted octanol–water partition coefficient (Wildman–Crippen LogP) is 2.59. The highest BCUT2D eigenvalue weighted by Gasteiger charge is 2.56. The van der Waals surface area contributed by atoms with Gasteiger partial charge in [0.25, 0.3) is 0 Å². The van der Waals surface area contributed by atoms with Gasteiger partial charge in [-0.05, 0) is 37.1 Å². The van der Waals surface area contributed by atoms with E-state index in [9.17, 15) is 18.4 Å². The Labute approximate surface area is 130 Å². The van der Waals surface area contributed by atoms with Gasteiger partial charge in [0.2, 0.25) is 11.8 Å².